The van der Waals surface area contributed by atoms with Gasteiger partial charge in [-0.15, -0.1) is 11.6 Å². The summed E-state index contributed by atoms with van der Waals surface area (Å²) >= 11 is 5.91. The van der Waals surface area contributed by atoms with Gasteiger partial charge in [0.25, 0.3) is 14.4 Å². The summed E-state index contributed by atoms with van der Waals surface area (Å²) in [6.07, 6.45) is 0.252. The van der Waals surface area contributed by atoms with Crippen molar-refractivity contribution >= 4 is 45.5 Å². The first-order chi connectivity index (χ1) is 31.0. The molecule has 14 nitrogen and oxygen atoms in total. The lowest BCUT2D eigenvalue weighted by molar-refractivity contribution is -0.115. The molecular weight excluding hydrogens is 881 g/mol. The summed E-state index contributed by atoms with van der Waals surface area (Å²) in [5, 5.41) is 9.39. The molecule has 6 rings (SSSR count). The van der Waals surface area contributed by atoms with Gasteiger partial charge in [0, 0.05) is 19.1 Å². The molecule has 0 radical (unpaired) electrons. The largest absolute Gasteiger partial charge is 0.497 e. The summed E-state index contributed by atoms with van der Waals surface area (Å²) in [6, 6.07) is 30.5. The Morgan fingerprint density at radius 1 is 0.938 bits per heavy atom. The number of alkyl halides is 1. The second kappa shape index (κ2) is 21.5. The average molecular weight is 945 g/mol. The van der Waals surface area contributed by atoms with Crippen molar-refractivity contribution in [3.63, 3.8) is 0 Å². The number of amides is 1. The Balaban J connectivity index is 1.58. The normalized spacial score (nSPS) is 19.1. The first-order valence-corrected chi connectivity index (χ1v) is 26.5. The molecule has 0 N–H and O–H groups in total. The highest BCUT2D eigenvalue weighted by molar-refractivity contribution is 7.44. The second-order valence-corrected chi connectivity index (χ2v) is 24.5. The van der Waals surface area contributed by atoms with Crippen LogP contribution in [0.5, 0.6) is 5.75 Å². The van der Waals surface area contributed by atoms with Crippen LogP contribution in [-0.2, 0) is 40.4 Å². The number of benzene rings is 3. The van der Waals surface area contributed by atoms with Gasteiger partial charge in [-0.3, -0.25) is 9.36 Å². The molecule has 348 valence electrons. The van der Waals surface area contributed by atoms with E-state index in [4.69, 9.17) is 49.3 Å². The van der Waals surface area contributed by atoms with Crippen molar-refractivity contribution in [3.05, 3.63) is 120 Å². The predicted molar refractivity (Wildman–Crippen MR) is 256 cm³/mol. The third-order valence-electron chi connectivity index (χ3n) is 12.0. The van der Waals surface area contributed by atoms with Crippen molar-refractivity contribution in [1.29, 1.82) is 5.26 Å². The summed E-state index contributed by atoms with van der Waals surface area (Å²) in [5.41, 5.74) is 2.69. The van der Waals surface area contributed by atoms with E-state index < -0.39 is 52.9 Å². The maximum atomic E-state index is 12.6. The van der Waals surface area contributed by atoms with Crippen LogP contribution in [-0.4, -0.2) is 94.6 Å². The van der Waals surface area contributed by atoms with Crippen LogP contribution in [0.25, 0.3) is 11.2 Å². The van der Waals surface area contributed by atoms with E-state index in [1.165, 1.54) is 0 Å². The first-order valence-electron chi connectivity index (χ1n) is 22.0. The zero-order valence-electron chi connectivity index (χ0n) is 39.3. The number of nitrogens with zero attached hydrogens (tertiary/aromatic N) is 7. The van der Waals surface area contributed by atoms with E-state index in [1.807, 2.05) is 65.2 Å². The molecule has 1 aliphatic heterocycles. The van der Waals surface area contributed by atoms with Crippen molar-refractivity contribution in [2.45, 2.75) is 115 Å². The van der Waals surface area contributed by atoms with Gasteiger partial charge in [-0.2, -0.15) is 10.3 Å². The summed E-state index contributed by atoms with van der Waals surface area (Å²) < 4.78 is 47.5. The van der Waals surface area contributed by atoms with Crippen LogP contribution in [0.4, 0.5) is 0 Å². The van der Waals surface area contributed by atoms with E-state index in [9.17, 15) is 10.1 Å². The number of imidazole rings is 1. The number of ether oxygens (including phenoxy) is 3. The van der Waals surface area contributed by atoms with Crippen molar-refractivity contribution in [2.24, 2.45) is 12.0 Å². The number of carbonyl (C=O) groups is 1. The maximum Gasteiger partial charge on any atom is 0.262 e. The number of halogens is 1. The van der Waals surface area contributed by atoms with Crippen LogP contribution in [0.3, 0.4) is 0 Å². The molecule has 0 saturated carbocycles. The lowest BCUT2D eigenvalue weighted by atomic mass is 9.80. The maximum absolute atomic E-state index is 12.6. The molecule has 2 unspecified atom stereocenters. The highest BCUT2D eigenvalue weighted by Gasteiger charge is 2.54. The molecule has 1 fully saturated rings. The molecule has 1 amide bonds. The minimum atomic E-state index is -2.63. The summed E-state index contributed by atoms with van der Waals surface area (Å²) in [7, 11) is -1.03. The molecule has 5 atom stereocenters. The molecule has 3 aromatic carbocycles. The van der Waals surface area contributed by atoms with E-state index in [1.54, 1.807) is 31.4 Å². The van der Waals surface area contributed by atoms with Gasteiger partial charge in [-0.05, 0) is 74.7 Å². The molecule has 1 aliphatic rings. The fourth-order valence-corrected chi connectivity index (χ4v) is 10.9. The molecule has 17 heteroatoms. The minimum absolute atomic E-state index is 0.0232. The number of nitriles is 1. The predicted octanol–water partition coefficient (Wildman–Crippen LogP) is 9.40. The highest BCUT2D eigenvalue weighted by Crippen LogP contribution is 2.52. The van der Waals surface area contributed by atoms with Crippen LogP contribution in [0.1, 0.15) is 77.8 Å². The fourth-order valence-electron chi connectivity index (χ4n) is 7.83. The Bertz CT molecular complexity index is 2410. The zero-order valence-corrected chi connectivity index (χ0v) is 42.0. The van der Waals surface area contributed by atoms with Crippen LogP contribution >= 0.6 is 20.1 Å². The number of hydrogen-bond donors (Lipinski definition) is 0. The van der Waals surface area contributed by atoms with Gasteiger partial charge < -0.3 is 32.3 Å². The van der Waals surface area contributed by atoms with Crippen molar-refractivity contribution in [3.8, 4) is 11.8 Å². The van der Waals surface area contributed by atoms with Gasteiger partial charge >= 0.3 is 0 Å². The van der Waals surface area contributed by atoms with Crippen molar-refractivity contribution < 1.29 is 32.5 Å². The van der Waals surface area contributed by atoms with Gasteiger partial charge in [0.1, 0.15) is 35.5 Å². The van der Waals surface area contributed by atoms with Gasteiger partial charge in [0.05, 0.1) is 45.5 Å². The zero-order chi connectivity index (χ0) is 47.1. The third-order valence-corrected chi connectivity index (χ3v) is 18.8. The van der Waals surface area contributed by atoms with Crippen LogP contribution < -0.4 is 10.2 Å². The molecule has 5 aromatic rings. The molecule has 1 saturated heterocycles. The molecule has 0 spiro atoms. The number of rotatable bonds is 19. The number of hydrogen-bond acceptors (Lipinski definition) is 11. The van der Waals surface area contributed by atoms with E-state index >= 15 is 0 Å². The smallest absolute Gasteiger partial charge is 0.262 e. The van der Waals surface area contributed by atoms with Crippen LogP contribution in [0.2, 0.25) is 18.1 Å². The third kappa shape index (κ3) is 10.9. The lowest BCUT2D eigenvalue weighted by Crippen LogP contribution is -2.50. The molecule has 0 aliphatic carbocycles. The Morgan fingerprint density at radius 3 is 2.08 bits per heavy atom. The topological polar surface area (TPSA) is 147 Å². The summed E-state index contributed by atoms with van der Waals surface area (Å²) in [4.78, 5) is 26.5. The second-order valence-electron chi connectivity index (χ2n) is 18.1. The first kappa shape index (κ1) is 50.1. The van der Waals surface area contributed by atoms with Crippen LogP contribution in [0.15, 0.2) is 103 Å². The van der Waals surface area contributed by atoms with Gasteiger partial charge in [-0.1, -0.05) is 93.6 Å². The van der Waals surface area contributed by atoms with E-state index in [0.717, 1.165) is 16.7 Å². The molecular formula is C48H63ClN7O7PSi. The molecule has 0 bridgehead atoms. The number of aryl methyl sites for hydroxylation is 1. The standard InChI is InChI=1S/C48H63ClN7O7PSi/c1-33(2)56(34(3)4)64(60-28-18-27-50)62-42-39(30-59-48(35-19-14-12-15-20-35,36-21-16-13-17-22-36)37-23-25-38(58-9)26-24-37)61-46(43(42)63-65(10,11)47(5,6)7)55-32-51-41-44(55)52-31-54(8)45(41)53-40(57)29-49/h12-17,19-26,31-34,39,42-43,46H,18,28-30H2,1-11H3/t39-,42+,43?,46-,64?/m1/s1. The van der Waals surface area contributed by atoms with Gasteiger partial charge in [-0.25, -0.2) is 14.6 Å². The van der Waals surface area contributed by atoms with E-state index in [0.29, 0.717) is 22.4 Å². The highest BCUT2D eigenvalue weighted by atomic mass is 35.5. The molecule has 65 heavy (non-hydrogen) atoms. The molecule has 2 aromatic heterocycles. The summed E-state index contributed by atoms with van der Waals surface area (Å²) in [6.45, 7) is 19.6. The quantitative estimate of drug-likeness (QED) is 0.0257. The van der Waals surface area contributed by atoms with Crippen molar-refractivity contribution in [2.75, 3.05) is 26.2 Å². The van der Waals surface area contributed by atoms with Gasteiger partial charge in [0.15, 0.2) is 31.2 Å². The Kier molecular flexibility index (Phi) is 16.6. The Labute approximate surface area is 390 Å². The number of aromatic nitrogens is 4. The monoisotopic (exact) mass is 943 g/mol. The number of methoxy groups -OCH3 is 1. The van der Waals surface area contributed by atoms with E-state index in [-0.39, 0.29) is 42.6 Å². The van der Waals surface area contributed by atoms with E-state index in [2.05, 4.69) is 102 Å². The fraction of sp³-hybridized carbons (Fsp3) is 0.479. The van der Waals surface area contributed by atoms with Crippen LogP contribution in [0, 0.1) is 11.3 Å². The van der Waals surface area contributed by atoms with Crippen molar-refractivity contribution in [1.82, 2.24) is 23.8 Å². The Hall–Kier alpha value is -4.33. The molecule has 3 heterocycles. The Morgan fingerprint density at radius 2 is 1.54 bits per heavy atom. The number of carbonyl (C=O) groups excluding carboxylic acids is 1. The minimum Gasteiger partial charge on any atom is -0.497 e. The lowest BCUT2D eigenvalue weighted by Gasteiger charge is -2.42. The number of fused-ring (bicyclic) bond motifs is 1. The van der Waals surface area contributed by atoms with Gasteiger partial charge in [0.2, 0.25) is 0 Å². The SMILES string of the molecule is COc1ccc(C(OC[C@H]2O[C@@H](n3cnc4c(=NC(=O)CCl)n(C)cnc43)C(O[Si](C)(C)C(C)(C)C)[C@H]2OP(OCCC#N)N(C(C)C)C(C)C)(c2ccccc2)c2ccccc2)cc1. The average Bonchev–Trinajstić information content (AvgIpc) is 3.85. The summed E-state index contributed by atoms with van der Waals surface area (Å²) in [5.74, 6) is -0.0766.